The summed E-state index contributed by atoms with van der Waals surface area (Å²) in [7, 11) is 1.37. The number of benzene rings is 1. The summed E-state index contributed by atoms with van der Waals surface area (Å²) in [5, 5.41) is 3.37. The van der Waals surface area contributed by atoms with E-state index in [1.165, 1.54) is 19.2 Å². The number of piperidine rings is 1. The first-order valence-electron chi connectivity index (χ1n) is 9.59. The second kappa shape index (κ2) is 8.09. The van der Waals surface area contributed by atoms with E-state index in [0.717, 1.165) is 25.1 Å². The summed E-state index contributed by atoms with van der Waals surface area (Å²) in [5.74, 6) is 0.237. The lowest BCUT2D eigenvalue weighted by molar-refractivity contribution is -0.146. The number of methoxy groups -OCH3 is 1. The highest BCUT2D eigenvalue weighted by Crippen LogP contribution is 2.41. The zero-order valence-corrected chi connectivity index (χ0v) is 15.8. The highest BCUT2D eigenvalue weighted by Gasteiger charge is 2.36. The molecule has 4 nitrogen and oxygen atoms in total. The van der Waals surface area contributed by atoms with Crippen molar-refractivity contribution in [3.8, 4) is 0 Å². The summed E-state index contributed by atoms with van der Waals surface area (Å²) in [6, 6.07) is 4.15. The van der Waals surface area contributed by atoms with Gasteiger partial charge in [-0.15, -0.1) is 0 Å². The lowest BCUT2D eigenvalue weighted by Crippen LogP contribution is -2.37. The van der Waals surface area contributed by atoms with Gasteiger partial charge in [-0.3, -0.25) is 4.79 Å². The molecular formula is C20H27F3N2O2. The zero-order chi connectivity index (χ0) is 19.6. The number of hydrogen-bond acceptors (Lipinski definition) is 4. The van der Waals surface area contributed by atoms with Crippen molar-refractivity contribution in [2.75, 3.05) is 38.2 Å². The van der Waals surface area contributed by atoms with Crippen molar-refractivity contribution in [3.63, 3.8) is 0 Å². The van der Waals surface area contributed by atoms with Gasteiger partial charge in [0, 0.05) is 31.2 Å². The summed E-state index contributed by atoms with van der Waals surface area (Å²) in [5.41, 5.74) is 1.03. The van der Waals surface area contributed by atoms with E-state index in [2.05, 4.69) is 12.2 Å². The molecule has 0 aromatic heterocycles. The highest BCUT2D eigenvalue weighted by molar-refractivity contribution is 5.73. The van der Waals surface area contributed by atoms with Crippen molar-refractivity contribution in [2.24, 2.45) is 11.8 Å². The largest absolute Gasteiger partial charge is 0.469 e. The van der Waals surface area contributed by atoms with Gasteiger partial charge >= 0.3 is 12.1 Å². The van der Waals surface area contributed by atoms with E-state index in [0.29, 0.717) is 37.5 Å². The molecule has 2 atom stereocenters. The Morgan fingerprint density at radius 1 is 1.26 bits per heavy atom. The van der Waals surface area contributed by atoms with Crippen LogP contribution in [0.3, 0.4) is 0 Å². The predicted octanol–water partition coefficient (Wildman–Crippen LogP) is 3.81. The van der Waals surface area contributed by atoms with Gasteiger partial charge in [-0.1, -0.05) is 19.4 Å². The Bertz CT molecular complexity index is 670. The minimum atomic E-state index is -4.37. The molecule has 27 heavy (non-hydrogen) atoms. The van der Waals surface area contributed by atoms with Crippen molar-refractivity contribution >= 4 is 11.7 Å². The van der Waals surface area contributed by atoms with Crippen LogP contribution in [0.1, 0.15) is 43.2 Å². The van der Waals surface area contributed by atoms with Gasteiger partial charge in [0.15, 0.2) is 0 Å². The number of carbonyl (C=O) groups is 1. The highest BCUT2D eigenvalue weighted by atomic mass is 19.4. The molecular weight excluding hydrogens is 357 g/mol. The van der Waals surface area contributed by atoms with E-state index in [9.17, 15) is 18.0 Å². The Labute approximate surface area is 158 Å². The standard InChI is InChI=1S/C20H27F3N2O2/c1-3-13-11-24-12-17(13)16-5-4-15(20(21,22)23)10-18(16)25-8-6-14(7-9-25)19(26)27-2/h4-5,10,13-14,17,24H,3,6-9,11-12H2,1-2H3/t13-,17-/m0/s1. The van der Waals surface area contributed by atoms with Gasteiger partial charge in [0.2, 0.25) is 0 Å². The number of rotatable bonds is 4. The van der Waals surface area contributed by atoms with Crippen LogP contribution in [-0.2, 0) is 15.7 Å². The molecule has 3 rings (SSSR count). The first kappa shape index (κ1) is 20.0. The fourth-order valence-corrected chi connectivity index (χ4v) is 4.36. The van der Waals surface area contributed by atoms with Crippen molar-refractivity contribution in [1.29, 1.82) is 0 Å². The van der Waals surface area contributed by atoms with Crippen LogP contribution in [0, 0.1) is 11.8 Å². The van der Waals surface area contributed by atoms with Crippen molar-refractivity contribution in [1.82, 2.24) is 5.32 Å². The molecule has 1 aromatic carbocycles. The van der Waals surface area contributed by atoms with E-state index in [1.54, 1.807) is 6.07 Å². The molecule has 150 valence electrons. The molecule has 1 N–H and O–H groups in total. The van der Waals surface area contributed by atoms with Crippen LogP contribution in [0.4, 0.5) is 18.9 Å². The van der Waals surface area contributed by atoms with Gasteiger partial charge in [-0.05, 0) is 43.0 Å². The monoisotopic (exact) mass is 384 g/mol. The fourth-order valence-electron chi connectivity index (χ4n) is 4.36. The first-order valence-corrected chi connectivity index (χ1v) is 9.59. The van der Waals surface area contributed by atoms with Gasteiger partial charge in [-0.2, -0.15) is 13.2 Å². The van der Waals surface area contributed by atoms with Crippen LogP contribution in [0.15, 0.2) is 18.2 Å². The topological polar surface area (TPSA) is 41.6 Å². The van der Waals surface area contributed by atoms with Crippen molar-refractivity contribution in [2.45, 2.75) is 38.3 Å². The Balaban J connectivity index is 1.90. The van der Waals surface area contributed by atoms with E-state index in [4.69, 9.17) is 4.74 Å². The van der Waals surface area contributed by atoms with Crippen LogP contribution < -0.4 is 10.2 Å². The lowest BCUT2D eigenvalue weighted by Gasteiger charge is -2.35. The number of carbonyl (C=O) groups excluding carboxylic acids is 1. The number of nitrogens with zero attached hydrogens (tertiary/aromatic N) is 1. The molecule has 2 aliphatic heterocycles. The Hall–Kier alpha value is -1.76. The summed E-state index contributed by atoms with van der Waals surface area (Å²) in [6.45, 7) is 4.92. The number of nitrogens with one attached hydrogen (secondary N) is 1. The minimum Gasteiger partial charge on any atom is -0.469 e. The van der Waals surface area contributed by atoms with Gasteiger partial charge in [0.25, 0.3) is 0 Å². The third-order valence-electron chi connectivity index (χ3n) is 5.99. The molecule has 0 bridgehead atoms. The predicted molar refractivity (Wildman–Crippen MR) is 97.8 cm³/mol. The molecule has 2 saturated heterocycles. The summed E-state index contributed by atoms with van der Waals surface area (Å²) >= 11 is 0. The van der Waals surface area contributed by atoms with Crippen molar-refractivity contribution < 1.29 is 22.7 Å². The Morgan fingerprint density at radius 3 is 2.56 bits per heavy atom. The fraction of sp³-hybridized carbons (Fsp3) is 0.650. The van der Waals surface area contributed by atoms with Gasteiger partial charge in [0.1, 0.15) is 0 Å². The number of esters is 1. The summed E-state index contributed by atoms with van der Waals surface area (Å²) in [6.07, 6.45) is -2.18. The third kappa shape index (κ3) is 4.23. The average Bonchev–Trinajstić information content (AvgIpc) is 3.15. The van der Waals surface area contributed by atoms with Gasteiger partial charge in [-0.25, -0.2) is 0 Å². The number of anilines is 1. The molecule has 0 unspecified atom stereocenters. The zero-order valence-electron chi connectivity index (χ0n) is 15.8. The summed E-state index contributed by atoms with van der Waals surface area (Å²) < 4.78 is 44.7. The first-order chi connectivity index (χ1) is 12.8. The van der Waals surface area contributed by atoms with E-state index in [-0.39, 0.29) is 17.8 Å². The maximum atomic E-state index is 13.3. The smallest absolute Gasteiger partial charge is 0.416 e. The Morgan fingerprint density at radius 2 is 1.96 bits per heavy atom. The normalized spacial score (nSPS) is 24.3. The van der Waals surface area contributed by atoms with Crippen LogP contribution in [-0.4, -0.2) is 39.3 Å². The quantitative estimate of drug-likeness (QED) is 0.802. The molecule has 0 spiro atoms. The number of alkyl halides is 3. The van der Waals surface area contributed by atoms with Crippen molar-refractivity contribution in [3.05, 3.63) is 29.3 Å². The van der Waals surface area contributed by atoms with Crippen LogP contribution in [0.25, 0.3) is 0 Å². The number of halogens is 3. The Kier molecular flexibility index (Phi) is 5.99. The lowest BCUT2D eigenvalue weighted by atomic mass is 9.85. The number of hydrogen-bond donors (Lipinski definition) is 1. The molecule has 0 saturated carbocycles. The SMILES string of the molecule is CC[C@H]1CNC[C@@H]1c1ccc(C(F)(F)F)cc1N1CCC(C(=O)OC)CC1. The van der Waals surface area contributed by atoms with E-state index >= 15 is 0 Å². The van der Waals surface area contributed by atoms with Crippen LogP contribution in [0.2, 0.25) is 0 Å². The molecule has 2 fully saturated rings. The minimum absolute atomic E-state index is 0.169. The average molecular weight is 384 g/mol. The second-order valence-electron chi connectivity index (χ2n) is 7.49. The van der Waals surface area contributed by atoms with E-state index < -0.39 is 11.7 Å². The maximum absolute atomic E-state index is 13.3. The van der Waals surface area contributed by atoms with Crippen LogP contribution >= 0.6 is 0 Å². The van der Waals surface area contributed by atoms with Gasteiger partial charge in [0.05, 0.1) is 18.6 Å². The number of ether oxygens (including phenoxy) is 1. The molecule has 2 heterocycles. The third-order valence-corrected chi connectivity index (χ3v) is 5.99. The molecule has 0 amide bonds. The second-order valence-corrected chi connectivity index (χ2v) is 7.49. The molecule has 1 aromatic rings. The summed E-state index contributed by atoms with van der Waals surface area (Å²) in [4.78, 5) is 13.8. The molecule has 0 aliphatic carbocycles. The molecule has 2 aliphatic rings. The maximum Gasteiger partial charge on any atom is 0.416 e. The van der Waals surface area contributed by atoms with Gasteiger partial charge < -0.3 is 15.0 Å². The van der Waals surface area contributed by atoms with Crippen LogP contribution in [0.5, 0.6) is 0 Å². The molecule has 0 radical (unpaired) electrons. The molecule has 7 heteroatoms. The van der Waals surface area contributed by atoms with E-state index in [1.807, 2.05) is 4.90 Å².